The maximum Gasteiger partial charge on any atom is 0.321 e. The molecule has 120 valence electrons. The van der Waals surface area contributed by atoms with Crippen LogP contribution in [0, 0.1) is 0 Å². The van der Waals surface area contributed by atoms with E-state index >= 15 is 0 Å². The van der Waals surface area contributed by atoms with Crippen molar-refractivity contribution in [3.8, 4) is 5.75 Å². The monoisotopic (exact) mass is 312 g/mol. The molecular formula is C18H20N2O3. The van der Waals surface area contributed by atoms with Crippen molar-refractivity contribution in [3.63, 3.8) is 0 Å². The molecule has 0 aromatic heterocycles. The van der Waals surface area contributed by atoms with Crippen molar-refractivity contribution in [1.82, 2.24) is 4.90 Å². The Morgan fingerprint density at radius 2 is 1.91 bits per heavy atom. The number of aliphatic hydroxyl groups excluding tert-OH is 1. The van der Waals surface area contributed by atoms with Crippen LogP contribution in [0.4, 0.5) is 10.5 Å². The van der Waals surface area contributed by atoms with Crippen LogP contribution in [0.5, 0.6) is 5.75 Å². The Hall–Kier alpha value is -2.53. The number of hydrogen-bond donors (Lipinski definition) is 2. The first-order chi connectivity index (χ1) is 11.2. The van der Waals surface area contributed by atoms with Gasteiger partial charge in [0.1, 0.15) is 12.4 Å². The number of carbonyl (C=O) groups is 1. The van der Waals surface area contributed by atoms with E-state index in [9.17, 15) is 9.90 Å². The number of rotatable bonds is 4. The molecular weight excluding hydrogens is 292 g/mol. The van der Waals surface area contributed by atoms with Gasteiger partial charge in [-0.1, -0.05) is 36.4 Å². The standard InChI is InChI=1S/C18H20N2O3/c21-15-10-11-20(12-15)18(22)19-17-9-5-4-6-14(17)13-23-16-7-2-1-3-8-16/h1-9,15,21H,10-13H2,(H,19,22)/t15-/m1/s1. The van der Waals surface area contributed by atoms with Crippen LogP contribution in [0.2, 0.25) is 0 Å². The molecule has 0 unspecified atom stereocenters. The molecule has 2 amide bonds. The first kappa shape index (κ1) is 15.4. The molecule has 0 saturated carbocycles. The largest absolute Gasteiger partial charge is 0.489 e. The van der Waals surface area contributed by atoms with Gasteiger partial charge in [0.05, 0.1) is 6.10 Å². The van der Waals surface area contributed by atoms with Gasteiger partial charge in [-0.05, 0) is 24.6 Å². The highest BCUT2D eigenvalue weighted by Gasteiger charge is 2.24. The predicted molar refractivity (Wildman–Crippen MR) is 88.4 cm³/mol. The van der Waals surface area contributed by atoms with Crippen molar-refractivity contribution in [2.24, 2.45) is 0 Å². The third-order valence-corrected chi connectivity index (χ3v) is 3.85. The number of benzene rings is 2. The Morgan fingerprint density at radius 1 is 1.17 bits per heavy atom. The SMILES string of the molecule is O=C(Nc1ccccc1COc1ccccc1)N1CC[C@@H](O)C1. The fourth-order valence-corrected chi connectivity index (χ4v) is 2.57. The molecule has 1 heterocycles. The van der Waals surface area contributed by atoms with Crippen molar-refractivity contribution in [2.75, 3.05) is 18.4 Å². The molecule has 23 heavy (non-hydrogen) atoms. The van der Waals surface area contributed by atoms with E-state index in [1.807, 2.05) is 54.6 Å². The number of ether oxygens (including phenoxy) is 1. The number of amides is 2. The molecule has 0 spiro atoms. The average Bonchev–Trinajstić information content (AvgIpc) is 3.02. The summed E-state index contributed by atoms with van der Waals surface area (Å²) < 4.78 is 5.75. The van der Waals surface area contributed by atoms with Gasteiger partial charge in [0, 0.05) is 24.3 Å². The normalized spacial score (nSPS) is 17.1. The molecule has 1 aliphatic heterocycles. The molecule has 3 rings (SSSR count). The van der Waals surface area contributed by atoms with Crippen LogP contribution in [-0.2, 0) is 6.61 Å². The van der Waals surface area contributed by atoms with Crippen molar-refractivity contribution in [3.05, 3.63) is 60.2 Å². The van der Waals surface area contributed by atoms with E-state index in [0.717, 1.165) is 17.0 Å². The Labute approximate surface area is 135 Å². The van der Waals surface area contributed by atoms with Gasteiger partial charge in [0.25, 0.3) is 0 Å². The summed E-state index contributed by atoms with van der Waals surface area (Å²) in [4.78, 5) is 13.9. The zero-order chi connectivity index (χ0) is 16.1. The summed E-state index contributed by atoms with van der Waals surface area (Å²) in [5.74, 6) is 0.788. The summed E-state index contributed by atoms with van der Waals surface area (Å²) in [6, 6.07) is 17.0. The fraction of sp³-hybridized carbons (Fsp3) is 0.278. The summed E-state index contributed by atoms with van der Waals surface area (Å²) >= 11 is 0. The summed E-state index contributed by atoms with van der Waals surface area (Å²) in [5, 5.41) is 12.4. The summed E-state index contributed by atoms with van der Waals surface area (Å²) in [5.41, 5.74) is 1.64. The lowest BCUT2D eigenvalue weighted by atomic mass is 10.2. The number of nitrogens with one attached hydrogen (secondary N) is 1. The van der Waals surface area contributed by atoms with Gasteiger partial charge in [-0.3, -0.25) is 0 Å². The van der Waals surface area contributed by atoms with Crippen LogP contribution < -0.4 is 10.1 Å². The third-order valence-electron chi connectivity index (χ3n) is 3.85. The first-order valence-electron chi connectivity index (χ1n) is 7.72. The van der Waals surface area contributed by atoms with E-state index in [1.54, 1.807) is 4.90 Å². The van der Waals surface area contributed by atoms with E-state index in [4.69, 9.17) is 4.74 Å². The number of likely N-dealkylation sites (tertiary alicyclic amines) is 1. The third kappa shape index (κ3) is 4.02. The van der Waals surface area contributed by atoms with Crippen LogP contribution in [0.15, 0.2) is 54.6 Å². The number of hydrogen-bond acceptors (Lipinski definition) is 3. The van der Waals surface area contributed by atoms with E-state index in [1.165, 1.54) is 0 Å². The van der Waals surface area contributed by atoms with Gasteiger partial charge in [-0.15, -0.1) is 0 Å². The van der Waals surface area contributed by atoms with Gasteiger partial charge in [-0.25, -0.2) is 4.79 Å². The molecule has 0 bridgehead atoms. The molecule has 0 radical (unpaired) electrons. The van der Waals surface area contributed by atoms with Crippen LogP contribution in [-0.4, -0.2) is 35.2 Å². The van der Waals surface area contributed by atoms with Crippen LogP contribution in [0.1, 0.15) is 12.0 Å². The van der Waals surface area contributed by atoms with Crippen LogP contribution >= 0.6 is 0 Å². The van der Waals surface area contributed by atoms with Crippen molar-refractivity contribution >= 4 is 11.7 Å². The minimum Gasteiger partial charge on any atom is -0.489 e. The van der Waals surface area contributed by atoms with E-state index < -0.39 is 6.10 Å². The second kappa shape index (κ2) is 7.15. The maximum absolute atomic E-state index is 12.2. The number of anilines is 1. The average molecular weight is 312 g/mol. The highest BCUT2D eigenvalue weighted by atomic mass is 16.5. The lowest BCUT2D eigenvalue weighted by Gasteiger charge is -2.18. The number of para-hydroxylation sites is 2. The molecule has 1 atom stereocenters. The Morgan fingerprint density at radius 3 is 2.65 bits per heavy atom. The highest BCUT2D eigenvalue weighted by Crippen LogP contribution is 2.20. The van der Waals surface area contributed by atoms with Crippen molar-refractivity contribution < 1.29 is 14.6 Å². The zero-order valence-electron chi connectivity index (χ0n) is 12.8. The van der Waals surface area contributed by atoms with E-state index in [0.29, 0.717) is 26.1 Å². The smallest absolute Gasteiger partial charge is 0.321 e. The minimum atomic E-state index is -0.419. The van der Waals surface area contributed by atoms with Crippen molar-refractivity contribution in [2.45, 2.75) is 19.1 Å². The first-order valence-corrected chi connectivity index (χ1v) is 7.72. The molecule has 1 saturated heterocycles. The van der Waals surface area contributed by atoms with E-state index in [2.05, 4.69) is 5.32 Å². The number of carbonyl (C=O) groups excluding carboxylic acids is 1. The lowest BCUT2D eigenvalue weighted by Crippen LogP contribution is -2.33. The predicted octanol–water partition coefficient (Wildman–Crippen LogP) is 2.86. The quantitative estimate of drug-likeness (QED) is 0.912. The molecule has 2 aromatic rings. The summed E-state index contributed by atoms with van der Waals surface area (Å²) in [7, 11) is 0. The van der Waals surface area contributed by atoms with E-state index in [-0.39, 0.29) is 6.03 Å². The molecule has 5 heteroatoms. The van der Waals surface area contributed by atoms with Gasteiger partial charge in [0.2, 0.25) is 0 Å². The molecule has 5 nitrogen and oxygen atoms in total. The number of nitrogens with zero attached hydrogens (tertiary/aromatic N) is 1. The molecule has 0 aliphatic carbocycles. The van der Waals surface area contributed by atoms with Gasteiger partial charge in [-0.2, -0.15) is 0 Å². The number of β-amino-alcohol motifs (C(OH)–C–C–N with tert-alkyl or cyclic N) is 1. The lowest BCUT2D eigenvalue weighted by molar-refractivity contribution is 0.176. The minimum absolute atomic E-state index is 0.186. The summed E-state index contributed by atoms with van der Waals surface area (Å²) in [6.07, 6.45) is 0.212. The Balaban J connectivity index is 1.64. The highest BCUT2D eigenvalue weighted by molar-refractivity contribution is 5.90. The topological polar surface area (TPSA) is 61.8 Å². The second-order valence-corrected chi connectivity index (χ2v) is 5.58. The van der Waals surface area contributed by atoms with Gasteiger partial charge in [0.15, 0.2) is 0 Å². The van der Waals surface area contributed by atoms with Gasteiger partial charge >= 0.3 is 6.03 Å². The molecule has 1 fully saturated rings. The molecule has 1 aliphatic rings. The van der Waals surface area contributed by atoms with Crippen LogP contribution in [0.25, 0.3) is 0 Å². The zero-order valence-corrected chi connectivity index (χ0v) is 12.8. The maximum atomic E-state index is 12.2. The molecule has 2 aromatic carbocycles. The number of aliphatic hydroxyl groups is 1. The summed E-state index contributed by atoms with van der Waals surface area (Å²) in [6.45, 7) is 1.34. The van der Waals surface area contributed by atoms with Crippen molar-refractivity contribution in [1.29, 1.82) is 0 Å². The van der Waals surface area contributed by atoms with Gasteiger partial charge < -0.3 is 20.1 Å². The molecule has 2 N–H and O–H groups in total. The van der Waals surface area contributed by atoms with Crippen LogP contribution in [0.3, 0.4) is 0 Å². The Kier molecular flexibility index (Phi) is 4.78. The second-order valence-electron chi connectivity index (χ2n) is 5.58. The Bertz CT molecular complexity index is 660. The fourth-order valence-electron chi connectivity index (χ4n) is 2.57. The number of urea groups is 1.